The number of halogens is 3. The van der Waals surface area contributed by atoms with Crippen LogP contribution in [0.25, 0.3) is 50.8 Å². The number of likely N-dealkylation sites (tertiary alicyclic amines) is 1. The van der Waals surface area contributed by atoms with Crippen molar-refractivity contribution in [3.63, 3.8) is 0 Å². The van der Waals surface area contributed by atoms with E-state index in [1.807, 2.05) is 59.3 Å². The van der Waals surface area contributed by atoms with Crippen LogP contribution in [0.4, 0.5) is 30.6 Å². The summed E-state index contributed by atoms with van der Waals surface area (Å²) < 4.78 is 54.6. The molecule has 0 bridgehead atoms. The third-order valence-corrected chi connectivity index (χ3v) is 20.6. The van der Waals surface area contributed by atoms with E-state index in [0.717, 1.165) is 103 Å². The van der Waals surface area contributed by atoms with Gasteiger partial charge in [0.2, 0.25) is 5.91 Å². The zero-order chi connectivity index (χ0) is 71.9. The topological polar surface area (TPSA) is 314 Å². The van der Waals surface area contributed by atoms with E-state index in [1.165, 1.54) is 42.5 Å². The van der Waals surface area contributed by atoms with Crippen LogP contribution < -0.4 is 30.7 Å². The number of carbonyl (C=O) groups excluding carboxylic acids is 4. The molecule has 4 atom stereocenters. The van der Waals surface area contributed by atoms with Gasteiger partial charge in [-0.15, -0.1) is 0 Å². The summed E-state index contributed by atoms with van der Waals surface area (Å²) in [5, 5.41) is 61.1. The predicted octanol–water partition coefficient (Wildman–Crippen LogP) is 7.66. The van der Waals surface area contributed by atoms with E-state index in [2.05, 4.69) is 50.7 Å². The molecule has 26 nitrogen and oxygen atoms in total. The number of pyridine rings is 3. The van der Waals surface area contributed by atoms with Gasteiger partial charge >= 0.3 is 0 Å². The number of ether oxygens (including phenoxy) is 1. The van der Waals surface area contributed by atoms with Crippen molar-refractivity contribution >= 4 is 41.1 Å². The largest absolute Gasteiger partial charge is 0.391 e. The van der Waals surface area contributed by atoms with Crippen LogP contribution >= 0.6 is 0 Å². The molecule has 0 aliphatic carbocycles. The molecule has 0 saturated carbocycles. The highest BCUT2D eigenvalue weighted by Gasteiger charge is 2.37. The number of aromatic nitrogens is 9. The number of nitriles is 3. The Morgan fingerprint density at radius 1 is 0.519 bits per heavy atom. The normalized spacial score (nSPS) is 19.7. The summed E-state index contributed by atoms with van der Waals surface area (Å²) in [6.45, 7) is 11.6. The maximum Gasteiger partial charge on any atom is 0.255 e. The molecular weight excluding hydrogens is 1330 g/mol. The van der Waals surface area contributed by atoms with Gasteiger partial charge in [0.25, 0.3) is 17.7 Å². The van der Waals surface area contributed by atoms with Gasteiger partial charge in [0.05, 0.1) is 170 Å². The second-order valence-corrected chi connectivity index (χ2v) is 26.8. The Morgan fingerprint density at radius 3 is 1.38 bits per heavy atom. The van der Waals surface area contributed by atoms with Gasteiger partial charge in [-0.05, 0) is 106 Å². The minimum absolute atomic E-state index is 0.0509. The number of morpholine rings is 1. The van der Waals surface area contributed by atoms with Crippen molar-refractivity contribution in [1.29, 1.82) is 15.8 Å². The second-order valence-electron chi connectivity index (χ2n) is 26.8. The Morgan fingerprint density at radius 2 is 0.942 bits per heavy atom. The van der Waals surface area contributed by atoms with E-state index in [1.54, 1.807) is 56.8 Å². The van der Waals surface area contributed by atoms with Gasteiger partial charge in [0.1, 0.15) is 17.5 Å². The summed E-state index contributed by atoms with van der Waals surface area (Å²) in [7, 11) is 0. The highest BCUT2D eigenvalue weighted by Crippen LogP contribution is 2.37. The number of aliphatic hydroxyl groups is 1. The van der Waals surface area contributed by atoms with E-state index < -0.39 is 23.6 Å². The number of anilines is 3. The van der Waals surface area contributed by atoms with Gasteiger partial charge in [0.15, 0.2) is 17.5 Å². The molecule has 29 heteroatoms. The number of nitrogens with zero attached hydrogens (tertiary/aromatic N) is 17. The average Bonchev–Trinajstić information content (AvgIpc) is 1.32. The van der Waals surface area contributed by atoms with Gasteiger partial charge in [0, 0.05) is 102 Å². The van der Waals surface area contributed by atoms with Crippen LogP contribution in [0.15, 0.2) is 110 Å². The first-order valence-corrected chi connectivity index (χ1v) is 34.9. The number of carbonyl (C=O) groups is 4. The third-order valence-electron chi connectivity index (χ3n) is 20.6. The maximum absolute atomic E-state index is 14.8. The molecule has 3 aromatic carbocycles. The van der Waals surface area contributed by atoms with Gasteiger partial charge in [-0.25, -0.2) is 42.2 Å². The van der Waals surface area contributed by atoms with Crippen molar-refractivity contribution in [2.45, 2.75) is 89.7 Å². The fraction of sp³-hybridized carbons (Fsp3) is 0.347. The van der Waals surface area contributed by atoms with Crippen LogP contribution in [-0.2, 0) is 29.2 Å². The van der Waals surface area contributed by atoms with E-state index in [9.17, 15) is 53.2 Å². The molecule has 17 rings (SSSR count). The van der Waals surface area contributed by atoms with Crippen molar-refractivity contribution in [2.75, 3.05) is 86.8 Å². The number of aliphatic hydroxyl groups excluding tert-OH is 1. The smallest absolute Gasteiger partial charge is 0.255 e. The van der Waals surface area contributed by atoms with E-state index >= 15 is 0 Å². The summed E-state index contributed by atoms with van der Waals surface area (Å²) in [5.74, 6) is -0.0339. The van der Waals surface area contributed by atoms with Crippen molar-refractivity contribution < 1.29 is 42.2 Å². The predicted molar refractivity (Wildman–Crippen MR) is 374 cm³/mol. The molecule has 8 aliphatic heterocycles. The number of amides is 4. The van der Waals surface area contributed by atoms with Crippen LogP contribution in [0.5, 0.6) is 0 Å². The molecule has 5 fully saturated rings. The van der Waals surface area contributed by atoms with Crippen molar-refractivity contribution in [3.8, 4) is 69.0 Å². The molecule has 528 valence electrons. The van der Waals surface area contributed by atoms with Crippen molar-refractivity contribution in [1.82, 2.24) is 70.0 Å². The molecule has 4 amide bonds. The van der Waals surface area contributed by atoms with E-state index in [4.69, 9.17) is 14.9 Å². The lowest BCUT2D eigenvalue weighted by atomic mass is 9.96. The van der Waals surface area contributed by atoms with Crippen molar-refractivity contribution in [3.05, 3.63) is 178 Å². The third kappa shape index (κ3) is 13.1. The number of rotatable bonds is 11. The summed E-state index contributed by atoms with van der Waals surface area (Å²) in [6.07, 6.45) is 11.7. The highest BCUT2D eigenvalue weighted by molar-refractivity contribution is 6.03. The molecule has 14 heterocycles. The van der Waals surface area contributed by atoms with Gasteiger partial charge in [-0.1, -0.05) is 18.2 Å². The molecule has 6 aromatic heterocycles. The Hall–Kier alpha value is -11.8. The Bertz CT molecular complexity index is 5020. The quantitative estimate of drug-likeness (QED) is 0.0965. The number of hydrogen-bond donors (Lipinski definition) is 4. The second kappa shape index (κ2) is 28.9. The average molecular weight is 1410 g/mol. The minimum atomic E-state index is -0.559. The number of piperidine rings is 2. The van der Waals surface area contributed by atoms with Gasteiger partial charge in [-0.3, -0.25) is 24.1 Å². The first-order valence-electron chi connectivity index (χ1n) is 34.9. The molecule has 0 radical (unpaired) electrons. The molecule has 2 unspecified atom stereocenters. The standard InChI is InChI=1S/C27H26FN7O2.C26H26FN7O2.C22H19FN6O2/c28-19-7-3-5-17(14-29)24(19)20-13-22(25-21(31-20)15-30-26(25)36)35-12-8-23(32-35)34-11-4-6-18(16-34)27(37)33-9-1-2-10-33;27-19-5-1-3-17(14-28)24(19)20-13-22(25-21(30-20)15-29-26(25)35)34-8-6-23(31-34)33-7-2-4-18(16-33)32-9-11-36-12-10-32;1-12-18(30)5-7-28(12)19-6-8-29(27-19)17-9-15(26-16-11-25-22(31)21(16)17)20-13(10-24)3-2-4-14(20)23/h3,5,7-8,12-13,18H,1-2,4,6,9-11,15-16H2,(H,30,36);1,3,5-6,8,13,18H,2,4,7,9-12,15-16H2,(H,29,35);2-4,6,8-9,12,18,30H,5,7,11H2,1H3,(H,25,31)/t;;12-,18+/m..0/s1. The first kappa shape index (κ1) is 68.0. The molecule has 9 aromatic rings. The maximum atomic E-state index is 14.8. The first-order chi connectivity index (χ1) is 50.6. The summed E-state index contributed by atoms with van der Waals surface area (Å²) in [6, 6.07) is 29.9. The lowest BCUT2D eigenvalue weighted by Gasteiger charge is -2.40. The lowest BCUT2D eigenvalue weighted by Crippen LogP contribution is -2.51. The summed E-state index contributed by atoms with van der Waals surface area (Å²) in [5.41, 5.74) is 5.78. The molecule has 4 N–H and O–H groups in total. The van der Waals surface area contributed by atoms with Crippen LogP contribution in [0, 0.1) is 57.4 Å². The number of fused-ring (bicyclic) bond motifs is 3. The number of hydrogen-bond acceptors (Lipinski definition) is 19. The van der Waals surface area contributed by atoms with Gasteiger partial charge < -0.3 is 45.4 Å². The summed E-state index contributed by atoms with van der Waals surface area (Å²) in [4.78, 5) is 75.3. The van der Waals surface area contributed by atoms with E-state index in [0.29, 0.717) is 93.7 Å². The van der Waals surface area contributed by atoms with Crippen molar-refractivity contribution in [2.24, 2.45) is 5.92 Å². The molecule has 0 spiro atoms. The molecule has 5 saturated heterocycles. The van der Waals surface area contributed by atoms with Crippen LogP contribution in [-0.4, -0.2) is 173 Å². The zero-order valence-corrected chi connectivity index (χ0v) is 56.8. The summed E-state index contributed by atoms with van der Waals surface area (Å²) >= 11 is 0. The van der Waals surface area contributed by atoms with Crippen LogP contribution in [0.3, 0.4) is 0 Å². The van der Waals surface area contributed by atoms with Gasteiger partial charge in [-0.2, -0.15) is 31.1 Å². The Kier molecular flexibility index (Phi) is 18.9. The Balaban J connectivity index is 0.000000126. The van der Waals surface area contributed by atoms with Crippen LogP contribution in [0.1, 0.15) is 117 Å². The number of benzene rings is 3. The lowest BCUT2D eigenvalue weighted by molar-refractivity contribution is -0.134. The monoisotopic (exact) mass is 1400 g/mol. The van der Waals surface area contributed by atoms with E-state index in [-0.39, 0.29) is 100.0 Å². The minimum Gasteiger partial charge on any atom is -0.391 e. The fourth-order valence-corrected chi connectivity index (χ4v) is 15.3. The molecule has 8 aliphatic rings. The molecule has 104 heavy (non-hydrogen) atoms. The fourth-order valence-electron chi connectivity index (χ4n) is 15.3. The zero-order valence-electron chi connectivity index (χ0n) is 56.8. The SMILES string of the molecule is C[C@H]1[C@H](O)CCN1c1ccn(-c2cc(-c3c(F)cccc3C#N)nc3c2C(=O)NC3)n1.N#Cc1cccc(F)c1-c1cc(-n2ccc(N3CCCC(C(=O)N4CCCC4)C3)n2)c2c(n1)CNC2=O.N#Cc1cccc(F)c1-c1cc(-n2ccc(N3CCCC(N4CCOCC4)C3)n2)c2c(n1)CNC2=O. The highest BCUT2D eigenvalue weighted by atomic mass is 19.1. The van der Waals surface area contributed by atoms with Crippen LogP contribution in [0.2, 0.25) is 0 Å². The number of nitrogens with one attached hydrogen (secondary N) is 3. The Labute approximate surface area is 595 Å². The molecular formula is C75H71F3N20O6.